The molecule has 1 saturated heterocycles. The fourth-order valence-corrected chi connectivity index (χ4v) is 2.12. The van der Waals surface area contributed by atoms with Crippen LogP contribution in [-0.2, 0) is 9.53 Å². The Hall–Kier alpha value is -2.08. The number of carbonyl (C=O) groups excluding carboxylic acids is 1. The first-order chi connectivity index (χ1) is 9.68. The Morgan fingerprint density at radius 1 is 1.25 bits per heavy atom. The van der Waals surface area contributed by atoms with Gasteiger partial charge in [0.25, 0.3) is 5.91 Å². The molecule has 1 heterocycles. The third-order valence-corrected chi connectivity index (χ3v) is 3.12. The number of amides is 1. The van der Waals surface area contributed by atoms with Crippen LogP contribution in [0.2, 0.25) is 0 Å². The van der Waals surface area contributed by atoms with Gasteiger partial charge < -0.3 is 20.1 Å². The van der Waals surface area contributed by atoms with Gasteiger partial charge in [0.2, 0.25) is 0 Å². The largest absolute Gasteiger partial charge is 0.481 e. The van der Waals surface area contributed by atoms with Crippen molar-refractivity contribution in [3.05, 3.63) is 29.8 Å². The number of morpholine rings is 1. The molecule has 1 aliphatic rings. The monoisotopic (exact) mass is 278 g/mol. The smallest absolute Gasteiger partial charge is 0.305 e. The van der Waals surface area contributed by atoms with Crippen LogP contribution in [0.1, 0.15) is 16.8 Å². The van der Waals surface area contributed by atoms with E-state index in [0.717, 1.165) is 18.8 Å². The van der Waals surface area contributed by atoms with Gasteiger partial charge in [-0.1, -0.05) is 12.1 Å². The molecule has 1 aromatic rings. The van der Waals surface area contributed by atoms with Crippen molar-refractivity contribution in [2.45, 2.75) is 6.42 Å². The van der Waals surface area contributed by atoms with Crippen molar-refractivity contribution in [2.24, 2.45) is 0 Å². The molecule has 2 N–H and O–H groups in total. The molecule has 6 heteroatoms. The summed E-state index contributed by atoms with van der Waals surface area (Å²) in [7, 11) is 0. The van der Waals surface area contributed by atoms with Gasteiger partial charge in [-0.25, -0.2) is 0 Å². The van der Waals surface area contributed by atoms with Gasteiger partial charge in [0.15, 0.2) is 0 Å². The lowest BCUT2D eigenvalue weighted by atomic mass is 10.1. The molecule has 1 amide bonds. The summed E-state index contributed by atoms with van der Waals surface area (Å²) in [4.78, 5) is 24.7. The number of nitrogens with one attached hydrogen (secondary N) is 1. The van der Waals surface area contributed by atoms with E-state index >= 15 is 0 Å². The fourth-order valence-electron chi connectivity index (χ4n) is 2.12. The van der Waals surface area contributed by atoms with Crippen LogP contribution in [0.15, 0.2) is 24.3 Å². The highest BCUT2D eigenvalue weighted by Gasteiger charge is 2.18. The van der Waals surface area contributed by atoms with Crippen molar-refractivity contribution in [3.8, 4) is 0 Å². The SMILES string of the molecule is O=C(O)CCNC(=O)c1ccccc1N1CCOCC1. The van der Waals surface area contributed by atoms with Crippen LogP contribution >= 0.6 is 0 Å². The van der Waals surface area contributed by atoms with Crippen LogP contribution in [0.4, 0.5) is 5.69 Å². The van der Waals surface area contributed by atoms with E-state index in [1.807, 2.05) is 12.1 Å². The van der Waals surface area contributed by atoms with Gasteiger partial charge in [-0.3, -0.25) is 9.59 Å². The van der Waals surface area contributed by atoms with E-state index in [0.29, 0.717) is 18.8 Å². The summed E-state index contributed by atoms with van der Waals surface area (Å²) in [6.45, 7) is 2.92. The van der Waals surface area contributed by atoms with Crippen molar-refractivity contribution < 1.29 is 19.4 Å². The lowest BCUT2D eigenvalue weighted by Gasteiger charge is -2.30. The predicted molar refractivity (Wildman–Crippen MR) is 74.1 cm³/mol. The van der Waals surface area contributed by atoms with E-state index in [-0.39, 0.29) is 18.9 Å². The number of aliphatic carboxylic acids is 1. The minimum absolute atomic E-state index is 0.0779. The minimum atomic E-state index is -0.924. The summed E-state index contributed by atoms with van der Waals surface area (Å²) in [5, 5.41) is 11.2. The maximum absolute atomic E-state index is 12.1. The number of hydrogen-bond donors (Lipinski definition) is 2. The number of carboxylic acids is 1. The Bertz CT molecular complexity index is 484. The number of para-hydroxylation sites is 1. The Morgan fingerprint density at radius 3 is 2.65 bits per heavy atom. The van der Waals surface area contributed by atoms with Crippen LogP contribution in [0, 0.1) is 0 Å². The molecule has 0 bridgehead atoms. The highest BCUT2D eigenvalue weighted by molar-refractivity contribution is 5.99. The van der Waals surface area contributed by atoms with E-state index in [9.17, 15) is 9.59 Å². The van der Waals surface area contributed by atoms with Crippen molar-refractivity contribution in [2.75, 3.05) is 37.7 Å². The van der Waals surface area contributed by atoms with E-state index < -0.39 is 5.97 Å². The molecule has 0 spiro atoms. The molecule has 0 aromatic heterocycles. The first kappa shape index (κ1) is 14.3. The normalized spacial score (nSPS) is 14.9. The Balaban J connectivity index is 2.06. The third-order valence-electron chi connectivity index (χ3n) is 3.12. The number of anilines is 1. The second-order valence-electron chi connectivity index (χ2n) is 4.52. The van der Waals surface area contributed by atoms with Crippen LogP contribution in [-0.4, -0.2) is 49.8 Å². The van der Waals surface area contributed by atoms with Gasteiger partial charge in [0.1, 0.15) is 0 Å². The van der Waals surface area contributed by atoms with E-state index in [1.165, 1.54) is 0 Å². The molecule has 1 fully saturated rings. The van der Waals surface area contributed by atoms with Gasteiger partial charge in [0.05, 0.1) is 25.2 Å². The first-order valence-corrected chi connectivity index (χ1v) is 6.60. The molecule has 1 aromatic carbocycles. The lowest BCUT2D eigenvalue weighted by Crippen LogP contribution is -2.38. The number of rotatable bonds is 5. The number of nitrogens with zero attached hydrogens (tertiary/aromatic N) is 1. The minimum Gasteiger partial charge on any atom is -0.481 e. The molecule has 0 saturated carbocycles. The van der Waals surface area contributed by atoms with Crippen molar-refractivity contribution >= 4 is 17.6 Å². The Morgan fingerprint density at radius 2 is 1.95 bits per heavy atom. The summed E-state index contributed by atoms with van der Waals surface area (Å²) >= 11 is 0. The summed E-state index contributed by atoms with van der Waals surface area (Å²) in [6, 6.07) is 7.34. The molecule has 0 aliphatic carbocycles. The molecule has 108 valence electrons. The molecule has 6 nitrogen and oxygen atoms in total. The Labute approximate surface area is 117 Å². The van der Waals surface area contributed by atoms with Gasteiger partial charge in [-0.2, -0.15) is 0 Å². The first-order valence-electron chi connectivity index (χ1n) is 6.60. The predicted octanol–water partition coefficient (Wildman–Crippen LogP) is 0.728. The highest BCUT2D eigenvalue weighted by atomic mass is 16.5. The van der Waals surface area contributed by atoms with E-state index in [4.69, 9.17) is 9.84 Å². The second-order valence-corrected chi connectivity index (χ2v) is 4.52. The molecule has 2 rings (SSSR count). The zero-order valence-electron chi connectivity index (χ0n) is 11.2. The zero-order valence-corrected chi connectivity index (χ0v) is 11.2. The van der Waals surface area contributed by atoms with Crippen LogP contribution in [0.25, 0.3) is 0 Å². The Kier molecular flexibility index (Phi) is 4.95. The number of carbonyl (C=O) groups is 2. The highest BCUT2D eigenvalue weighted by Crippen LogP contribution is 2.21. The third kappa shape index (κ3) is 3.71. The van der Waals surface area contributed by atoms with Crippen LogP contribution in [0.3, 0.4) is 0 Å². The maximum atomic E-state index is 12.1. The molecule has 20 heavy (non-hydrogen) atoms. The quantitative estimate of drug-likeness (QED) is 0.830. The number of carboxylic acid groups (broad SMARTS) is 1. The number of hydrogen-bond acceptors (Lipinski definition) is 4. The average molecular weight is 278 g/mol. The van der Waals surface area contributed by atoms with Crippen molar-refractivity contribution in [1.29, 1.82) is 0 Å². The summed E-state index contributed by atoms with van der Waals surface area (Å²) < 4.78 is 5.31. The molecule has 0 unspecified atom stereocenters. The van der Waals surface area contributed by atoms with Gasteiger partial charge in [-0.15, -0.1) is 0 Å². The van der Waals surface area contributed by atoms with Gasteiger partial charge in [0, 0.05) is 25.3 Å². The topological polar surface area (TPSA) is 78.9 Å². The molecule has 0 atom stereocenters. The van der Waals surface area contributed by atoms with Gasteiger partial charge in [-0.05, 0) is 12.1 Å². The fraction of sp³-hybridized carbons (Fsp3) is 0.429. The number of ether oxygens (including phenoxy) is 1. The van der Waals surface area contributed by atoms with Crippen LogP contribution < -0.4 is 10.2 Å². The maximum Gasteiger partial charge on any atom is 0.305 e. The molecular formula is C14H18N2O4. The molecule has 0 radical (unpaired) electrons. The van der Waals surface area contributed by atoms with Gasteiger partial charge >= 0.3 is 5.97 Å². The van der Waals surface area contributed by atoms with E-state index in [2.05, 4.69) is 10.2 Å². The summed E-state index contributed by atoms with van der Waals surface area (Å²) in [5.41, 5.74) is 1.43. The second kappa shape index (κ2) is 6.91. The average Bonchev–Trinajstić information content (AvgIpc) is 2.47. The molecular weight excluding hydrogens is 260 g/mol. The van der Waals surface area contributed by atoms with Crippen LogP contribution in [0.5, 0.6) is 0 Å². The lowest BCUT2D eigenvalue weighted by molar-refractivity contribution is -0.136. The number of benzene rings is 1. The van der Waals surface area contributed by atoms with Crippen molar-refractivity contribution in [3.63, 3.8) is 0 Å². The van der Waals surface area contributed by atoms with E-state index in [1.54, 1.807) is 12.1 Å². The molecule has 1 aliphatic heterocycles. The zero-order chi connectivity index (χ0) is 14.4. The van der Waals surface area contributed by atoms with Crippen molar-refractivity contribution in [1.82, 2.24) is 5.32 Å². The standard InChI is InChI=1S/C14H18N2O4/c17-13(18)5-6-15-14(19)11-3-1-2-4-12(11)16-7-9-20-10-8-16/h1-4H,5-10H2,(H,15,19)(H,17,18). The summed E-state index contributed by atoms with van der Waals surface area (Å²) in [6.07, 6.45) is -0.0779. The summed E-state index contributed by atoms with van der Waals surface area (Å²) in [5.74, 6) is -1.17.